The minimum Gasteiger partial charge on any atom is -0.453 e. The van der Waals surface area contributed by atoms with Crippen LogP contribution in [-0.4, -0.2) is 0 Å². The van der Waals surface area contributed by atoms with Gasteiger partial charge in [-0.25, -0.2) is 8.78 Å². The maximum Gasteiger partial charge on any atom is 0.166 e. The highest BCUT2D eigenvalue weighted by Crippen LogP contribution is 2.34. The van der Waals surface area contributed by atoms with E-state index in [0.29, 0.717) is 15.9 Å². The fourth-order valence-corrected chi connectivity index (χ4v) is 1.86. The third kappa shape index (κ3) is 2.61. The molecule has 2 aromatic carbocycles. The van der Waals surface area contributed by atoms with Crippen LogP contribution in [0, 0.1) is 18.6 Å². The Morgan fingerprint density at radius 2 is 1.83 bits per heavy atom. The molecule has 2 N–H and O–H groups in total. The standard InChI is InChI=1S/C13H10BrF2NO/c1-7-4-12(9(14)6-11(7)17)18-13-5-8(15)2-3-10(13)16/h2-6H,17H2,1H3. The van der Waals surface area contributed by atoms with Crippen LogP contribution in [0.15, 0.2) is 34.8 Å². The van der Waals surface area contributed by atoms with Crippen molar-refractivity contribution in [2.24, 2.45) is 0 Å². The van der Waals surface area contributed by atoms with Crippen molar-refractivity contribution in [1.29, 1.82) is 0 Å². The first kappa shape index (κ1) is 12.8. The first-order chi connectivity index (χ1) is 8.47. The molecular formula is C13H10BrF2NO. The minimum atomic E-state index is -0.627. The van der Waals surface area contributed by atoms with Gasteiger partial charge in [-0.2, -0.15) is 0 Å². The monoisotopic (exact) mass is 313 g/mol. The number of rotatable bonds is 2. The normalized spacial score (nSPS) is 10.4. The van der Waals surface area contributed by atoms with Gasteiger partial charge in [-0.1, -0.05) is 0 Å². The molecule has 0 amide bonds. The molecule has 0 aliphatic heterocycles. The van der Waals surface area contributed by atoms with Crippen LogP contribution in [0.1, 0.15) is 5.56 Å². The number of hydrogen-bond donors (Lipinski definition) is 1. The summed E-state index contributed by atoms with van der Waals surface area (Å²) in [5, 5.41) is 0. The lowest BCUT2D eigenvalue weighted by Crippen LogP contribution is -1.94. The molecule has 0 aliphatic carbocycles. The molecular weight excluding hydrogens is 304 g/mol. The molecule has 2 nitrogen and oxygen atoms in total. The summed E-state index contributed by atoms with van der Waals surface area (Å²) in [6.07, 6.45) is 0. The van der Waals surface area contributed by atoms with E-state index in [4.69, 9.17) is 10.5 Å². The van der Waals surface area contributed by atoms with E-state index in [9.17, 15) is 8.78 Å². The number of aryl methyl sites for hydroxylation is 1. The molecule has 2 aromatic rings. The lowest BCUT2D eigenvalue weighted by Gasteiger charge is -2.11. The molecule has 0 fully saturated rings. The zero-order chi connectivity index (χ0) is 13.3. The lowest BCUT2D eigenvalue weighted by atomic mass is 10.2. The van der Waals surface area contributed by atoms with Crippen LogP contribution < -0.4 is 10.5 Å². The second kappa shape index (κ2) is 4.94. The Morgan fingerprint density at radius 3 is 2.56 bits per heavy atom. The van der Waals surface area contributed by atoms with Crippen LogP contribution in [0.5, 0.6) is 11.5 Å². The predicted molar refractivity (Wildman–Crippen MR) is 69.7 cm³/mol. The number of nitrogen functional groups attached to an aromatic ring is 1. The average molecular weight is 314 g/mol. The number of hydrogen-bond acceptors (Lipinski definition) is 2. The van der Waals surface area contributed by atoms with Crippen molar-refractivity contribution in [2.75, 3.05) is 5.73 Å². The van der Waals surface area contributed by atoms with Crippen LogP contribution in [-0.2, 0) is 0 Å². The molecule has 94 valence electrons. The van der Waals surface area contributed by atoms with Crippen molar-refractivity contribution in [3.8, 4) is 11.5 Å². The number of halogens is 3. The first-order valence-electron chi connectivity index (χ1n) is 5.16. The molecule has 0 atom stereocenters. The topological polar surface area (TPSA) is 35.2 Å². The highest BCUT2D eigenvalue weighted by atomic mass is 79.9. The van der Waals surface area contributed by atoms with Gasteiger partial charge in [0, 0.05) is 11.8 Å². The third-order valence-electron chi connectivity index (χ3n) is 2.43. The Morgan fingerprint density at radius 1 is 1.11 bits per heavy atom. The summed E-state index contributed by atoms with van der Waals surface area (Å²) in [6, 6.07) is 6.35. The zero-order valence-electron chi connectivity index (χ0n) is 9.51. The number of benzene rings is 2. The molecule has 0 bridgehead atoms. The van der Waals surface area contributed by atoms with Gasteiger partial charge in [0.05, 0.1) is 4.47 Å². The van der Waals surface area contributed by atoms with E-state index in [0.717, 1.165) is 23.8 Å². The third-order valence-corrected chi connectivity index (χ3v) is 3.05. The number of anilines is 1. The van der Waals surface area contributed by atoms with E-state index in [1.807, 2.05) is 0 Å². The molecule has 5 heteroatoms. The molecule has 0 radical (unpaired) electrons. The SMILES string of the molecule is Cc1cc(Oc2cc(F)ccc2F)c(Br)cc1N. The Balaban J connectivity index is 2.40. The Bertz CT molecular complexity index is 602. The Kier molecular flexibility index (Phi) is 3.52. The number of ether oxygens (including phenoxy) is 1. The summed E-state index contributed by atoms with van der Waals surface area (Å²) in [5.41, 5.74) is 7.11. The molecule has 0 heterocycles. The maximum atomic E-state index is 13.4. The second-order valence-corrected chi connectivity index (χ2v) is 4.67. The largest absolute Gasteiger partial charge is 0.453 e. The molecule has 0 spiro atoms. The van der Waals surface area contributed by atoms with Gasteiger partial charge in [-0.3, -0.25) is 0 Å². The quantitative estimate of drug-likeness (QED) is 0.833. The van der Waals surface area contributed by atoms with Gasteiger partial charge in [-0.05, 0) is 52.7 Å². The van der Waals surface area contributed by atoms with Gasteiger partial charge in [0.15, 0.2) is 11.6 Å². The van der Waals surface area contributed by atoms with Crippen LogP contribution in [0.4, 0.5) is 14.5 Å². The van der Waals surface area contributed by atoms with Crippen molar-refractivity contribution < 1.29 is 13.5 Å². The van der Waals surface area contributed by atoms with Crippen molar-refractivity contribution in [3.63, 3.8) is 0 Å². The summed E-state index contributed by atoms with van der Waals surface area (Å²) in [4.78, 5) is 0. The van der Waals surface area contributed by atoms with E-state index in [1.54, 1.807) is 19.1 Å². The van der Waals surface area contributed by atoms with E-state index >= 15 is 0 Å². The van der Waals surface area contributed by atoms with Crippen LogP contribution in [0.25, 0.3) is 0 Å². The smallest absolute Gasteiger partial charge is 0.166 e. The Labute approximate surface area is 112 Å². The minimum absolute atomic E-state index is 0.167. The average Bonchev–Trinajstić information content (AvgIpc) is 2.30. The second-order valence-electron chi connectivity index (χ2n) is 3.82. The van der Waals surface area contributed by atoms with Gasteiger partial charge in [0.25, 0.3) is 0 Å². The lowest BCUT2D eigenvalue weighted by molar-refractivity contribution is 0.434. The van der Waals surface area contributed by atoms with Gasteiger partial charge in [0.1, 0.15) is 11.6 Å². The summed E-state index contributed by atoms with van der Waals surface area (Å²) in [5.74, 6) is -0.974. The van der Waals surface area contributed by atoms with Crippen molar-refractivity contribution in [1.82, 2.24) is 0 Å². The highest BCUT2D eigenvalue weighted by Gasteiger charge is 2.10. The van der Waals surface area contributed by atoms with E-state index < -0.39 is 11.6 Å². The molecule has 0 saturated carbocycles. The van der Waals surface area contributed by atoms with Gasteiger partial charge in [-0.15, -0.1) is 0 Å². The Hall–Kier alpha value is -1.62. The summed E-state index contributed by atoms with van der Waals surface area (Å²) >= 11 is 3.26. The fraction of sp³-hybridized carbons (Fsp3) is 0.0769. The first-order valence-corrected chi connectivity index (χ1v) is 5.95. The van der Waals surface area contributed by atoms with E-state index in [2.05, 4.69) is 15.9 Å². The molecule has 0 saturated heterocycles. The fourth-order valence-electron chi connectivity index (χ4n) is 1.42. The molecule has 0 aromatic heterocycles. The van der Waals surface area contributed by atoms with Crippen molar-refractivity contribution in [3.05, 3.63) is 52.0 Å². The highest BCUT2D eigenvalue weighted by molar-refractivity contribution is 9.10. The van der Waals surface area contributed by atoms with Crippen molar-refractivity contribution in [2.45, 2.75) is 6.92 Å². The van der Waals surface area contributed by atoms with Crippen LogP contribution in [0.3, 0.4) is 0 Å². The van der Waals surface area contributed by atoms with Crippen LogP contribution >= 0.6 is 15.9 Å². The van der Waals surface area contributed by atoms with E-state index in [-0.39, 0.29) is 5.75 Å². The van der Waals surface area contributed by atoms with Crippen molar-refractivity contribution >= 4 is 21.6 Å². The van der Waals surface area contributed by atoms with Crippen LogP contribution in [0.2, 0.25) is 0 Å². The zero-order valence-corrected chi connectivity index (χ0v) is 11.1. The number of nitrogens with two attached hydrogens (primary N) is 1. The predicted octanol–water partition coefficient (Wildman–Crippen LogP) is 4.41. The van der Waals surface area contributed by atoms with Gasteiger partial charge >= 0.3 is 0 Å². The molecule has 18 heavy (non-hydrogen) atoms. The molecule has 0 aliphatic rings. The maximum absolute atomic E-state index is 13.4. The van der Waals surface area contributed by atoms with Gasteiger partial charge < -0.3 is 10.5 Å². The summed E-state index contributed by atoms with van der Waals surface area (Å²) in [6.45, 7) is 1.80. The molecule has 0 unspecified atom stereocenters. The molecule has 2 rings (SSSR count). The van der Waals surface area contributed by atoms with E-state index in [1.165, 1.54) is 0 Å². The summed E-state index contributed by atoms with van der Waals surface area (Å²) in [7, 11) is 0. The van der Waals surface area contributed by atoms with Gasteiger partial charge in [0.2, 0.25) is 0 Å². The summed E-state index contributed by atoms with van der Waals surface area (Å²) < 4.78 is 32.4.